The maximum absolute atomic E-state index is 10.7. The third-order valence-corrected chi connectivity index (χ3v) is 1.97. The van der Waals surface area contributed by atoms with Crippen molar-refractivity contribution >= 4 is 5.97 Å². The maximum Gasteiger partial charge on any atom is 0.332 e. The van der Waals surface area contributed by atoms with Gasteiger partial charge in [-0.15, -0.1) is 0 Å². The van der Waals surface area contributed by atoms with Gasteiger partial charge in [0.15, 0.2) is 6.10 Å². The van der Waals surface area contributed by atoms with Gasteiger partial charge in [-0.3, -0.25) is 0 Å². The molecule has 0 saturated carbocycles. The van der Waals surface area contributed by atoms with E-state index in [0.717, 1.165) is 19.3 Å². The third kappa shape index (κ3) is 6.86. The summed E-state index contributed by atoms with van der Waals surface area (Å²) in [6.07, 6.45) is 3.17. The lowest BCUT2D eigenvalue weighted by Crippen LogP contribution is -2.24. The largest absolute Gasteiger partial charge is 0.479 e. The molecule has 0 aromatic rings. The van der Waals surface area contributed by atoms with Crippen LogP contribution < -0.4 is 0 Å². The molecule has 0 aliphatic heterocycles. The molecule has 2 N–H and O–H groups in total. The van der Waals surface area contributed by atoms with E-state index in [-0.39, 0.29) is 6.61 Å². The van der Waals surface area contributed by atoms with Gasteiger partial charge in [-0.05, 0) is 19.3 Å². The van der Waals surface area contributed by atoms with Crippen molar-refractivity contribution in [3.8, 4) is 0 Å². The zero-order valence-electron chi connectivity index (χ0n) is 8.74. The van der Waals surface area contributed by atoms with Gasteiger partial charge < -0.3 is 14.9 Å². The first-order chi connectivity index (χ1) is 6.72. The molecule has 0 bridgehead atoms. The van der Waals surface area contributed by atoms with Gasteiger partial charge in [0.05, 0.1) is 0 Å². The SMILES string of the molecule is CCCCCOC(CCCO)C(=O)O. The quantitative estimate of drug-likeness (QED) is 0.557. The van der Waals surface area contributed by atoms with Crippen molar-refractivity contribution in [3.05, 3.63) is 0 Å². The van der Waals surface area contributed by atoms with Crippen LogP contribution in [-0.2, 0) is 9.53 Å². The molecule has 0 heterocycles. The average molecular weight is 204 g/mol. The Kier molecular flexibility index (Phi) is 8.57. The van der Waals surface area contributed by atoms with Crippen LogP contribution in [0.2, 0.25) is 0 Å². The normalized spacial score (nSPS) is 12.7. The lowest BCUT2D eigenvalue weighted by molar-refractivity contribution is -0.151. The van der Waals surface area contributed by atoms with Crippen molar-refractivity contribution in [2.75, 3.05) is 13.2 Å². The molecule has 84 valence electrons. The fraction of sp³-hybridized carbons (Fsp3) is 0.900. The van der Waals surface area contributed by atoms with E-state index in [2.05, 4.69) is 6.92 Å². The van der Waals surface area contributed by atoms with Crippen molar-refractivity contribution < 1.29 is 19.7 Å². The Morgan fingerprint density at radius 3 is 2.57 bits per heavy atom. The fourth-order valence-corrected chi connectivity index (χ4v) is 1.13. The van der Waals surface area contributed by atoms with Gasteiger partial charge in [-0.2, -0.15) is 0 Å². The summed E-state index contributed by atoms with van der Waals surface area (Å²) in [7, 11) is 0. The van der Waals surface area contributed by atoms with E-state index in [9.17, 15) is 4.79 Å². The second-order valence-electron chi connectivity index (χ2n) is 3.27. The Labute approximate surface area is 84.9 Å². The molecule has 4 heteroatoms. The lowest BCUT2D eigenvalue weighted by atomic mass is 10.2. The number of carboxylic acids is 1. The molecule has 1 atom stereocenters. The fourth-order valence-electron chi connectivity index (χ4n) is 1.13. The molecular weight excluding hydrogens is 184 g/mol. The molecule has 0 fully saturated rings. The van der Waals surface area contributed by atoms with Crippen LogP contribution in [0.3, 0.4) is 0 Å². The van der Waals surface area contributed by atoms with Gasteiger partial charge >= 0.3 is 5.97 Å². The highest BCUT2D eigenvalue weighted by Crippen LogP contribution is 2.04. The average Bonchev–Trinajstić information content (AvgIpc) is 2.16. The Balaban J connectivity index is 3.57. The molecule has 0 aromatic carbocycles. The van der Waals surface area contributed by atoms with E-state index in [1.807, 2.05) is 0 Å². The monoisotopic (exact) mass is 204 g/mol. The van der Waals surface area contributed by atoms with E-state index < -0.39 is 12.1 Å². The number of aliphatic hydroxyl groups excluding tert-OH is 1. The molecule has 0 amide bonds. The highest BCUT2D eigenvalue weighted by atomic mass is 16.5. The predicted molar refractivity (Wildman–Crippen MR) is 53.2 cm³/mol. The molecule has 0 spiro atoms. The molecular formula is C10H20O4. The van der Waals surface area contributed by atoms with Crippen LogP contribution in [0.25, 0.3) is 0 Å². The van der Waals surface area contributed by atoms with E-state index in [4.69, 9.17) is 14.9 Å². The first-order valence-electron chi connectivity index (χ1n) is 5.17. The number of ether oxygens (including phenoxy) is 1. The van der Waals surface area contributed by atoms with E-state index in [1.54, 1.807) is 0 Å². The minimum Gasteiger partial charge on any atom is -0.479 e. The molecule has 0 radical (unpaired) electrons. The van der Waals surface area contributed by atoms with Crippen molar-refractivity contribution in [1.29, 1.82) is 0 Å². The van der Waals surface area contributed by atoms with Gasteiger partial charge in [0.2, 0.25) is 0 Å². The second kappa shape index (κ2) is 8.97. The first-order valence-corrected chi connectivity index (χ1v) is 5.17. The molecule has 14 heavy (non-hydrogen) atoms. The molecule has 1 unspecified atom stereocenters. The number of unbranched alkanes of at least 4 members (excludes halogenated alkanes) is 2. The van der Waals surface area contributed by atoms with Crippen LogP contribution >= 0.6 is 0 Å². The summed E-state index contributed by atoms with van der Waals surface area (Å²) in [5, 5.41) is 17.3. The summed E-state index contributed by atoms with van der Waals surface area (Å²) in [6.45, 7) is 2.60. The van der Waals surface area contributed by atoms with Crippen molar-refractivity contribution in [2.24, 2.45) is 0 Å². The molecule has 0 aliphatic carbocycles. The minimum atomic E-state index is -0.935. The third-order valence-electron chi connectivity index (χ3n) is 1.97. The predicted octanol–water partition coefficient (Wildman–Crippen LogP) is 1.42. The van der Waals surface area contributed by atoms with Gasteiger partial charge in [0.1, 0.15) is 0 Å². The Bertz CT molecular complexity index is 147. The Hall–Kier alpha value is -0.610. The van der Waals surface area contributed by atoms with Crippen LogP contribution in [0.5, 0.6) is 0 Å². The topological polar surface area (TPSA) is 66.8 Å². The number of hydrogen-bond donors (Lipinski definition) is 2. The lowest BCUT2D eigenvalue weighted by Gasteiger charge is -2.12. The van der Waals surface area contributed by atoms with E-state index in [0.29, 0.717) is 19.4 Å². The summed E-state index contributed by atoms with van der Waals surface area (Å²) < 4.78 is 5.20. The first kappa shape index (κ1) is 13.4. The number of carbonyl (C=O) groups is 1. The number of aliphatic hydroxyl groups is 1. The molecule has 0 aromatic heterocycles. The second-order valence-corrected chi connectivity index (χ2v) is 3.27. The molecule has 0 aliphatic rings. The molecule has 0 rings (SSSR count). The van der Waals surface area contributed by atoms with Gasteiger partial charge in [0.25, 0.3) is 0 Å². The van der Waals surface area contributed by atoms with Crippen LogP contribution in [0.1, 0.15) is 39.0 Å². The highest BCUT2D eigenvalue weighted by molar-refractivity contribution is 5.72. The van der Waals surface area contributed by atoms with Crippen LogP contribution in [0.4, 0.5) is 0 Å². The van der Waals surface area contributed by atoms with Crippen LogP contribution in [0, 0.1) is 0 Å². The van der Waals surface area contributed by atoms with Crippen LogP contribution in [0.15, 0.2) is 0 Å². The smallest absolute Gasteiger partial charge is 0.332 e. The zero-order chi connectivity index (χ0) is 10.8. The summed E-state index contributed by atoms with van der Waals surface area (Å²) in [6, 6.07) is 0. The van der Waals surface area contributed by atoms with E-state index >= 15 is 0 Å². The van der Waals surface area contributed by atoms with Crippen molar-refractivity contribution in [3.63, 3.8) is 0 Å². The Morgan fingerprint density at radius 1 is 1.36 bits per heavy atom. The highest BCUT2D eigenvalue weighted by Gasteiger charge is 2.16. The number of carboxylic acid groups (broad SMARTS) is 1. The number of rotatable bonds is 9. The molecule has 0 saturated heterocycles. The van der Waals surface area contributed by atoms with Gasteiger partial charge in [-0.1, -0.05) is 19.8 Å². The minimum absolute atomic E-state index is 0.0160. The standard InChI is InChI=1S/C10H20O4/c1-2-3-4-8-14-9(10(12)13)6-5-7-11/h9,11H,2-8H2,1H3,(H,12,13). The number of hydrogen-bond acceptors (Lipinski definition) is 3. The summed E-state index contributed by atoms with van der Waals surface area (Å²) >= 11 is 0. The zero-order valence-corrected chi connectivity index (χ0v) is 8.74. The summed E-state index contributed by atoms with van der Waals surface area (Å²) in [4.78, 5) is 10.7. The molecule has 4 nitrogen and oxygen atoms in total. The van der Waals surface area contributed by atoms with Gasteiger partial charge in [-0.25, -0.2) is 4.79 Å². The number of aliphatic carboxylic acids is 1. The summed E-state index contributed by atoms with van der Waals surface area (Å²) in [5.74, 6) is -0.935. The van der Waals surface area contributed by atoms with Crippen LogP contribution in [-0.4, -0.2) is 35.5 Å². The van der Waals surface area contributed by atoms with Gasteiger partial charge in [0, 0.05) is 13.2 Å². The maximum atomic E-state index is 10.7. The van der Waals surface area contributed by atoms with E-state index in [1.165, 1.54) is 0 Å². The summed E-state index contributed by atoms with van der Waals surface area (Å²) in [5.41, 5.74) is 0. The van der Waals surface area contributed by atoms with Crippen molar-refractivity contribution in [1.82, 2.24) is 0 Å². The van der Waals surface area contributed by atoms with Crippen molar-refractivity contribution in [2.45, 2.75) is 45.1 Å². The Morgan fingerprint density at radius 2 is 2.07 bits per heavy atom.